The number of nitrogens with one attached hydrogen (secondary N) is 1. The molecule has 1 unspecified atom stereocenters. The van der Waals surface area contributed by atoms with Crippen molar-refractivity contribution >= 4 is 11.8 Å². The molecule has 0 fully saturated rings. The van der Waals surface area contributed by atoms with E-state index in [1.807, 2.05) is 39.8 Å². The molecule has 1 N–H and O–H groups in total. The fourth-order valence-electron chi connectivity index (χ4n) is 2.68. The van der Waals surface area contributed by atoms with Crippen LogP contribution in [0.4, 0.5) is 10.5 Å². The molecule has 1 aromatic rings. The van der Waals surface area contributed by atoms with E-state index in [9.17, 15) is 4.79 Å². The second-order valence-corrected chi connectivity index (χ2v) is 8.48. The van der Waals surface area contributed by atoms with Gasteiger partial charge in [0.05, 0.1) is 12.7 Å². The molecule has 1 amide bonds. The third-order valence-electron chi connectivity index (χ3n) is 4.77. The Bertz CT molecular complexity index is 751. The number of amides is 1. The zero-order valence-electron chi connectivity index (χ0n) is 20.1. The number of carbonyl (C=O) groups excluding carboxylic acids is 1. The SMILES string of the molecule is C/C=C(C)\C=C/N(C)C(C)N(C)c1ccc(OCCNC(=O)OC(C)(C)C)cc1C. The Balaban J connectivity index is 2.62. The Kier molecular flexibility index (Phi) is 9.76. The van der Waals surface area contributed by atoms with Gasteiger partial charge in [-0.25, -0.2) is 4.79 Å². The quantitative estimate of drug-likeness (QED) is 0.344. The smallest absolute Gasteiger partial charge is 0.407 e. The van der Waals surface area contributed by atoms with Crippen LogP contribution in [0.2, 0.25) is 0 Å². The third kappa shape index (κ3) is 8.80. The first kappa shape index (κ1) is 25.4. The molecule has 0 bridgehead atoms. The van der Waals surface area contributed by atoms with Gasteiger partial charge in [0.25, 0.3) is 0 Å². The largest absolute Gasteiger partial charge is 0.492 e. The number of alkyl carbamates (subject to hydrolysis) is 1. The molecule has 0 saturated carbocycles. The fraction of sp³-hybridized carbons (Fsp3) is 0.542. The minimum atomic E-state index is -0.504. The lowest BCUT2D eigenvalue weighted by Gasteiger charge is -2.34. The van der Waals surface area contributed by atoms with Gasteiger partial charge < -0.3 is 24.6 Å². The summed E-state index contributed by atoms with van der Waals surface area (Å²) in [6.07, 6.45) is 6.05. The molecular formula is C24H39N3O3. The van der Waals surface area contributed by atoms with Crippen LogP contribution in [0.15, 0.2) is 42.1 Å². The van der Waals surface area contributed by atoms with Gasteiger partial charge in [0, 0.05) is 26.0 Å². The van der Waals surface area contributed by atoms with Gasteiger partial charge >= 0.3 is 6.09 Å². The predicted molar refractivity (Wildman–Crippen MR) is 125 cm³/mol. The number of carbonyl (C=O) groups is 1. The highest BCUT2D eigenvalue weighted by Crippen LogP contribution is 2.26. The van der Waals surface area contributed by atoms with Gasteiger partial charge in [0.1, 0.15) is 18.0 Å². The summed E-state index contributed by atoms with van der Waals surface area (Å²) in [4.78, 5) is 16.1. The molecule has 30 heavy (non-hydrogen) atoms. The predicted octanol–water partition coefficient (Wildman–Crippen LogP) is 5.09. The van der Waals surface area contributed by atoms with Crippen LogP contribution in [0, 0.1) is 6.92 Å². The maximum atomic E-state index is 11.7. The number of rotatable bonds is 9. The lowest BCUT2D eigenvalue weighted by atomic mass is 10.1. The minimum absolute atomic E-state index is 0.189. The van der Waals surface area contributed by atoms with Crippen molar-refractivity contribution in [3.05, 3.63) is 47.7 Å². The van der Waals surface area contributed by atoms with E-state index in [1.54, 1.807) is 0 Å². The van der Waals surface area contributed by atoms with E-state index in [0.717, 1.165) is 17.0 Å². The molecule has 0 aliphatic heterocycles. The first-order valence-corrected chi connectivity index (χ1v) is 10.4. The van der Waals surface area contributed by atoms with E-state index in [4.69, 9.17) is 9.47 Å². The van der Waals surface area contributed by atoms with Crippen molar-refractivity contribution < 1.29 is 14.3 Å². The van der Waals surface area contributed by atoms with E-state index in [0.29, 0.717) is 13.2 Å². The van der Waals surface area contributed by atoms with E-state index >= 15 is 0 Å². The Hall–Kier alpha value is -2.63. The second kappa shape index (κ2) is 11.5. The Morgan fingerprint density at radius 3 is 2.50 bits per heavy atom. The maximum Gasteiger partial charge on any atom is 0.407 e. The number of allylic oxidation sites excluding steroid dienone is 3. The van der Waals surface area contributed by atoms with Crippen molar-refractivity contribution in [2.45, 2.75) is 60.2 Å². The molecule has 0 aromatic heterocycles. The second-order valence-electron chi connectivity index (χ2n) is 8.48. The number of benzene rings is 1. The van der Waals surface area contributed by atoms with Gasteiger partial charge in [0.2, 0.25) is 0 Å². The van der Waals surface area contributed by atoms with Crippen LogP contribution in [0.5, 0.6) is 5.75 Å². The molecule has 1 atom stereocenters. The molecule has 0 radical (unpaired) electrons. The Morgan fingerprint density at radius 1 is 1.27 bits per heavy atom. The van der Waals surface area contributed by atoms with E-state index in [-0.39, 0.29) is 6.17 Å². The highest BCUT2D eigenvalue weighted by molar-refractivity contribution is 5.67. The molecule has 0 aliphatic rings. The zero-order chi connectivity index (χ0) is 22.9. The first-order valence-electron chi connectivity index (χ1n) is 10.4. The van der Waals surface area contributed by atoms with Crippen LogP contribution in [0.1, 0.15) is 47.1 Å². The Morgan fingerprint density at radius 2 is 1.93 bits per heavy atom. The number of aryl methyl sites for hydroxylation is 1. The molecule has 6 nitrogen and oxygen atoms in total. The summed E-state index contributed by atoms with van der Waals surface area (Å²) in [5.74, 6) is 0.778. The van der Waals surface area contributed by atoms with E-state index in [2.05, 4.69) is 74.4 Å². The standard InChI is InChI=1S/C24H39N3O3/c1-10-18(2)13-15-26(8)20(4)27(9)22-12-11-21(17-19(22)3)29-16-14-25-23(28)30-24(5,6)7/h10-13,15,17,20H,14,16H2,1-9H3,(H,25,28)/b15-13-,18-10-. The minimum Gasteiger partial charge on any atom is -0.492 e. The summed E-state index contributed by atoms with van der Waals surface area (Å²) in [6.45, 7) is 14.6. The Labute approximate surface area is 182 Å². The van der Waals surface area contributed by atoms with E-state index in [1.165, 1.54) is 5.57 Å². The average molecular weight is 418 g/mol. The van der Waals surface area contributed by atoms with Crippen molar-refractivity contribution in [3.8, 4) is 5.75 Å². The number of hydrogen-bond donors (Lipinski definition) is 1. The van der Waals surface area contributed by atoms with Crippen LogP contribution >= 0.6 is 0 Å². The van der Waals surface area contributed by atoms with Crippen molar-refractivity contribution in [3.63, 3.8) is 0 Å². The summed E-state index contributed by atoms with van der Waals surface area (Å²) >= 11 is 0. The van der Waals surface area contributed by atoms with Gasteiger partial charge in [-0.05, 0) is 78.3 Å². The normalized spacial score (nSPS) is 13.2. The average Bonchev–Trinajstić information content (AvgIpc) is 2.66. The lowest BCUT2D eigenvalue weighted by Crippen LogP contribution is -2.40. The molecule has 0 aliphatic carbocycles. The van der Waals surface area contributed by atoms with Gasteiger partial charge in [-0.2, -0.15) is 0 Å². The number of nitrogens with zero attached hydrogens (tertiary/aromatic N) is 2. The van der Waals surface area contributed by atoms with Crippen LogP contribution in [0.25, 0.3) is 0 Å². The van der Waals surface area contributed by atoms with Crippen molar-refractivity contribution in [2.75, 3.05) is 32.1 Å². The van der Waals surface area contributed by atoms with Crippen LogP contribution in [-0.4, -0.2) is 50.0 Å². The molecular weight excluding hydrogens is 378 g/mol. The van der Waals surface area contributed by atoms with Crippen LogP contribution in [-0.2, 0) is 4.74 Å². The highest BCUT2D eigenvalue weighted by Gasteiger charge is 2.16. The molecule has 0 spiro atoms. The first-order chi connectivity index (χ1) is 13.9. The molecule has 0 saturated heterocycles. The fourth-order valence-corrected chi connectivity index (χ4v) is 2.68. The molecule has 0 heterocycles. The summed E-state index contributed by atoms with van der Waals surface area (Å²) in [5, 5.41) is 2.69. The summed E-state index contributed by atoms with van der Waals surface area (Å²) in [6, 6.07) is 6.04. The molecule has 1 aromatic carbocycles. The van der Waals surface area contributed by atoms with Crippen molar-refractivity contribution in [1.82, 2.24) is 10.2 Å². The summed E-state index contributed by atoms with van der Waals surface area (Å²) in [5.41, 5.74) is 3.00. The lowest BCUT2D eigenvalue weighted by molar-refractivity contribution is 0.0520. The topological polar surface area (TPSA) is 54.0 Å². The van der Waals surface area contributed by atoms with Gasteiger partial charge in [-0.3, -0.25) is 0 Å². The van der Waals surface area contributed by atoms with Crippen molar-refractivity contribution in [2.24, 2.45) is 0 Å². The summed E-state index contributed by atoms with van der Waals surface area (Å²) < 4.78 is 11.0. The van der Waals surface area contributed by atoms with Gasteiger partial charge in [0.15, 0.2) is 0 Å². The van der Waals surface area contributed by atoms with Gasteiger partial charge in [-0.15, -0.1) is 0 Å². The third-order valence-corrected chi connectivity index (χ3v) is 4.77. The summed E-state index contributed by atoms with van der Waals surface area (Å²) in [7, 11) is 4.16. The number of anilines is 1. The number of ether oxygens (including phenoxy) is 2. The van der Waals surface area contributed by atoms with Gasteiger partial charge in [-0.1, -0.05) is 11.6 Å². The molecule has 6 heteroatoms. The maximum absolute atomic E-state index is 11.7. The monoisotopic (exact) mass is 417 g/mol. The van der Waals surface area contributed by atoms with Crippen LogP contribution < -0.4 is 15.0 Å². The number of hydrogen-bond acceptors (Lipinski definition) is 5. The van der Waals surface area contributed by atoms with Crippen molar-refractivity contribution in [1.29, 1.82) is 0 Å². The zero-order valence-corrected chi connectivity index (χ0v) is 20.1. The molecule has 168 valence electrons. The van der Waals surface area contributed by atoms with E-state index < -0.39 is 11.7 Å². The molecule has 1 rings (SSSR count). The highest BCUT2D eigenvalue weighted by atomic mass is 16.6. The van der Waals surface area contributed by atoms with Crippen LogP contribution in [0.3, 0.4) is 0 Å².